The summed E-state index contributed by atoms with van der Waals surface area (Å²) in [6.45, 7) is 1.74. The smallest absolute Gasteiger partial charge is 0.261 e. The summed E-state index contributed by atoms with van der Waals surface area (Å²) in [5.41, 5.74) is 0.496. The number of nitrogens with one attached hydrogen (secondary N) is 1. The van der Waals surface area contributed by atoms with Crippen LogP contribution in [-0.2, 0) is 14.5 Å². The zero-order valence-electron chi connectivity index (χ0n) is 7.23. The molecule has 13 heavy (non-hydrogen) atoms. The first kappa shape index (κ1) is 10.0. The zero-order chi connectivity index (χ0) is 9.73. The Morgan fingerprint density at radius 3 is 2.46 bits per heavy atom. The van der Waals surface area contributed by atoms with Gasteiger partial charge in [0, 0.05) is 0 Å². The summed E-state index contributed by atoms with van der Waals surface area (Å²) in [7, 11) is -3.63. The minimum absolute atomic E-state index is 0.127. The Kier molecular flexibility index (Phi) is 3.27. The van der Waals surface area contributed by atoms with Gasteiger partial charge in [-0.15, -0.1) is 0 Å². The third-order valence-corrected chi connectivity index (χ3v) is 2.32. The normalized spacial score (nSPS) is 11.2. The summed E-state index contributed by atoms with van der Waals surface area (Å²) in [4.78, 5) is 0. The van der Waals surface area contributed by atoms with E-state index >= 15 is 0 Å². The van der Waals surface area contributed by atoms with Crippen LogP contribution in [-0.4, -0.2) is 15.0 Å². The van der Waals surface area contributed by atoms with Crippen molar-refractivity contribution in [1.29, 1.82) is 0 Å². The van der Waals surface area contributed by atoms with Crippen LogP contribution in [0.25, 0.3) is 0 Å². The Bertz CT molecular complexity index is 347. The first-order chi connectivity index (χ1) is 6.14. The lowest BCUT2D eigenvalue weighted by molar-refractivity contribution is 0.342. The third-order valence-electron chi connectivity index (χ3n) is 1.29. The molecule has 0 bridgehead atoms. The molecule has 0 saturated heterocycles. The van der Waals surface area contributed by atoms with Gasteiger partial charge in [0.05, 0.1) is 12.3 Å². The van der Waals surface area contributed by atoms with E-state index in [9.17, 15) is 8.42 Å². The first-order valence-electron chi connectivity index (χ1n) is 3.86. The number of para-hydroxylation sites is 1. The van der Waals surface area contributed by atoms with Crippen LogP contribution in [0.15, 0.2) is 30.3 Å². The molecule has 0 aromatic heterocycles. The van der Waals surface area contributed by atoms with E-state index in [1.54, 1.807) is 37.3 Å². The van der Waals surface area contributed by atoms with Crippen LogP contribution in [0.5, 0.6) is 0 Å². The Labute approximate surface area is 77.8 Å². The van der Waals surface area contributed by atoms with E-state index in [2.05, 4.69) is 8.91 Å². The summed E-state index contributed by atoms with van der Waals surface area (Å²) in [6.07, 6.45) is 0. The average Bonchev–Trinajstić information content (AvgIpc) is 2.04. The summed E-state index contributed by atoms with van der Waals surface area (Å²) in [5.74, 6) is 0. The van der Waals surface area contributed by atoms with E-state index in [0.717, 1.165) is 0 Å². The van der Waals surface area contributed by atoms with Crippen molar-refractivity contribution < 1.29 is 12.6 Å². The van der Waals surface area contributed by atoms with Gasteiger partial charge < -0.3 is 0 Å². The highest BCUT2D eigenvalue weighted by molar-refractivity contribution is 7.88. The maximum absolute atomic E-state index is 11.1. The molecule has 0 atom stereocenters. The lowest BCUT2D eigenvalue weighted by Gasteiger charge is -2.05. The number of hydrogen-bond acceptors (Lipinski definition) is 3. The Hall–Kier alpha value is -1.07. The lowest BCUT2D eigenvalue weighted by Crippen LogP contribution is -2.15. The molecule has 1 N–H and O–H groups in total. The molecule has 0 amide bonds. The van der Waals surface area contributed by atoms with E-state index in [1.807, 2.05) is 0 Å². The molecule has 0 aliphatic heterocycles. The van der Waals surface area contributed by atoms with E-state index in [4.69, 9.17) is 0 Å². The summed E-state index contributed by atoms with van der Waals surface area (Å²) in [5, 5.41) is 0. The molecule has 0 heterocycles. The van der Waals surface area contributed by atoms with Gasteiger partial charge in [-0.1, -0.05) is 18.2 Å². The molecule has 5 heteroatoms. The topological polar surface area (TPSA) is 55.4 Å². The number of hydrogen-bond donors (Lipinski definition) is 1. The van der Waals surface area contributed by atoms with Crippen molar-refractivity contribution in [3.63, 3.8) is 0 Å². The molecule has 0 unspecified atom stereocenters. The fourth-order valence-electron chi connectivity index (χ4n) is 0.835. The molecule has 0 fully saturated rings. The van der Waals surface area contributed by atoms with Gasteiger partial charge in [0.2, 0.25) is 0 Å². The molecule has 1 aromatic carbocycles. The van der Waals surface area contributed by atoms with Crippen LogP contribution < -0.4 is 4.72 Å². The molecule has 72 valence electrons. The van der Waals surface area contributed by atoms with Crippen molar-refractivity contribution in [2.24, 2.45) is 0 Å². The van der Waals surface area contributed by atoms with Crippen LogP contribution >= 0.6 is 0 Å². The minimum Gasteiger partial charge on any atom is -0.261 e. The minimum atomic E-state index is -3.63. The van der Waals surface area contributed by atoms with Crippen molar-refractivity contribution in [3.8, 4) is 0 Å². The molecule has 0 aliphatic carbocycles. The van der Waals surface area contributed by atoms with Gasteiger partial charge in [-0.05, 0) is 19.1 Å². The summed E-state index contributed by atoms with van der Waals surface area (Å²) >= 11 is 0. The standard InChI is InChI=1S/C8H11NO3S/c1-2-12-13(10,11)9-8-6-4-3-5-7-8/h3-7,9H,2H2,1H3. The van der Waals surface area contributed by atoms with Crippen LogP contribution in [0, 0.1) is 0 Å². The van der Waals surface area contributed by atoms with E-state index in [0.29, 0.717) is 5.69 Å². The van der Waals surface area contributed by atoms with Crippen LogP contribution in [0.3, 0.4) is 0 Å². The largest absolute Gasteiger partial charge is 0.359 e. The molecular formula is C8H11NO3S. The predicted molar refractivity (Wildman–Crippen MR) is 50.6 cm³/mol. The number of anilines is 1. The predicted octanol–water partition coefficient (Wildman–Crippen LogP) is 1.38. The summed E-state index contributed by atoms with van der Waals surface area (Å²) in [6, 6.07) is 8.58. The maximum Gasteiger partial charge on any atom is 0.359 e. The maximum atomic E-state index is 11.1. The molecule has 0 aliphatic rings. The van der Waals surface area contributed by atoms with Crippen LogP contribution in [0.4, 0.5) is 5.69 Å². The van der Waals surface area contributed by atoms with E-state index in [1.165, 1.54) is 0 Å². The van der Waals surface area contributed by atoms with Crippen molar-refractivity contribution in [2.75, 3.05) is 11.3 Å². The van der Waals surface area contributed by atoms with Gasteiger partial charge in [0.25, 0.3) is 0 Å². The van der Waals surface area contributed by atoms with Gasteiger partial charge >= 0.3 is 10.3 Å². The average molecular weight is 201 g/mol. The van der Waals surface area contributed by atoms with Crippen molar-refractivity contribution in [2.45, 2.75) is 6.92 Å². The van der Waals surface area contributed by atoms with Crippen LogP contribution in [0.2, 0.25) is 0 Å². The van der Waals surface area contributed by atoms with Gasteiger partial charge in [-0.2, -0.15) is 8.42 Å². The molecule has 1 aromatic rings. The molecule has 4 nitrogen and oxygen atoms in total. The highest BCUT2D eigenvalue weighted by Crippen LogP contribution is 2.07. The fourth-order valence-corrected chi connectivity index (χ4v) is 1.63. The SMILES string of the molecule is CCOS(=O)(=O)Nc1ccccc1. The van der Waals surface area contributed by atoms with E-state index in [-0.39, 0.29) is 6.61 Å². The highest BCUT2D eigenvalue weighted by atomic mass is 32.2. The zero-order valence-corrected chi connectivity index (χ0v) is 8.04. The quantitative estimate of drug-likeness (QED) is 0.800. The second kappa shape index (κ2) is 4.25. The van der Waals surface area contributed by atoms with Gasteiger partial charge in [-0.25, -0.2) is 0 Å². The van der Waals surface area contributed by atoms with Crippen LogP contribution in [0.1, 0.15) is 6.92 Å². The monoisotopic (exact) mass is 201 g/mol. The lowest BCUT2D eigenvalue weighted by atomic mass is 10.3. The Balaban J connectivity index is 2.70. The van der Waals surface area contributed by atoms with Crippen molar-refractivity contribution >= 4 is 16.0 Å². The number of benzene rings is 1. The highest BCUT2D eigenvalue weighted by Gasteiger charge is 2.07. The number of rotatable bonds is 4. The van der Waals surface area contributed by atoms with Gasteiger partial charge in [0.1, 0.15) is 0 Å². The second-order valence-corrected chi connectivity index (χ2v) is 3.68. The van der Waals surface area contributed by atoms with Crippen molar-refractivity contribution in [3.05, 3.63) is 30.3 Å². The molecular weight excluding hydrogens is 190 g/mol. The Morgan fingerprint density at radius 1 is 1.31 bits per heavy atom. The molecule has 0 radical (unpaired) electrons. The Morgan fingerprint density at radius 2 is 1.92 bits per heavy atom. The second-order valence-electron chi connectivity index (χ2n) is 2.33. The first-order valence-corrected chi connectivity index (χ1v) is 5.27. The fraction of sp³-hybridized carbons (Fsp3) is 0.250. The molecule has 1 rings (SSSR count). The molecule has 0 spiro atoms. The van der Waals surface area contributed by atoms with Gasteiger partial charge in [0.15, 0.2) is 0 Å². The summed E-state index contributed by atoms with van der Waals surface area (Å²) < 4.78 is 28.9. The van der Waals surface area contributed by atoms with Gasteiger partial charge in [-0.3, -0.25) is 8.91 Å². The van der Waals surface area contributed by atoms with Crippen molar-refractivity contribution in [1.82, 2.24) is 0 Å². The molecule has 0 saturated carbocycles. The van der Waals surface area contributed by atoms with E-state index < -0.39 is 10.3 Å². The third kappa shape index (κ3) is 3.43.